The largest absolute Gasteiger partial charge is 0.469 e. The van der Waals surface area contributed by atoms with Crippen LogP contribution in [0.1, 0.15) is 12.7 Å². The Balaban J connectivity index is 2.19. The van der Waals surface area contributed by atoms with E-state index in [0.717, 1.165) is 18.7 Å². The molecule has 1 aromatic rings. The first-order chi connectivity index (χ1) is 7.27. The van der Waals surface area contributed by atoms with Gasteiger partial charge >= 0.3 is 0 Å². The highest BCUT2D eigenvalue weighted by atomic mass is 16.7. The fraction of sp³-hybridized carbons (Fsp3) is 0.636. The number of furan rings is 1. The van der Waals surface area contributed by atoms with Gasteiger partial charge in [0, 0.05) is 27.2 Å². The van der Waals surface area contributed by atoms with Crippen LogP contribution >= 0.6 is 0 Å². The van der Waals surface area contributed by atoms with Crippen LogP contribution in [-0.2, 0) is 15.9 Å². The molecule has 1 heterocycles. The first-order valence-electron chi connectivity index (χ1n) is 5.09. The summed E-state index contributed by atoms with van der Waals surface area (Å²) in [5, 5.41) is 3.31. The highest BCUT2D eigenvalue weighted by Crippen LogP contribution is 2.01. The normalized spacial score (nSPS) is 13.3. The van der Waals surface area contributed by atoms with Gasteiger partial charge in [-0.2, -0.15) is 0 Å². The van der Waals surface area contributed by atoms with Crippen molar-refractivity contribution in [2.75, 3.05) is 20.8 Å². The van der Waals surface area contributed by atoms with Gasteiger partial charge in [-0.15, -0.1) is 0 Å². The molecule has 1 aromatic heterocycles. The lowest BCUT2D eigenvalue weighted by Crippen LogP contribution is -2.40. The van der Waals surface area contributed by atoms with Crippen LogP contribution in [0, 0.1) is 0 Å². The summed E-state index contributed by atoms with van der Waals surface area (Å²) in [6, 6.07) is 4.03. The molecule has 4 heteroatoms. The number of hydrogen-bond acceptors (Lipinski definition) is 4. The second-order valence-electron chi connectivity index (χ2n) is 3.41. The molecule has 0 radical (unpaired) electrons. The van der Waals surface area contributed by atoms with Gasteiger partial charge in [0.2, 0.25) is 0 Å². The van der Waals surface area contributed by atoms with Crippen molar-refractivity contribution in [3.8, 4) is 0 Å². The zero-order valence-electron chi connectivity index (χ0n) is 9.53. The summed E-state index contributed by atoms with van der Waals surface area (Å²) in [6.07, 6.45) is 2.35. The summed E-state index contributed by atoms with van der Waals surface area (Å²) in [5.41, 5.74) is 0. The third-order valence-electron chi connectivity index (χ3n) is 2.29. The van der Waals surface area contributed by atoms with Crippen LogP contribution in [0.2, 0.25) is 0 Å². The molecular formula is C11H19NO3. The molecule has 1 unspecified atom stereocenters. The molecular weight excluding hydrogens is 194 g/mol. The zero-order valence-corrected chi connectivity index (χ0v) is 9.53. The van der Waals surface area contributed by atoms with Crippen molar-refractivity contribution in [1.29, 1.82) is 0 Å². The van der Waals surface area contributed by atoms with E-state index in [-0.39, 0.29) is 12.3 Å². The number of methoxy groups -OCH3 is 2. The monoisotopic (exact) mass is 213 g/mol. The molecule has 0 aromatic carbocycles. The van der Waals surface area contributed by atoms with Crippen molar-refractivity contribution < 1.29 is 13.9 Å². The van der Waals surface area contributed by atoms with Gasteiger partial charge in [-0.25, -0.2) is 0 Å². The molecule has 0 aliphatic heterocycles. The molecule has 1 N–H and O–H groups in total. The molecule has 0 spiro atoms. The van der Waals surface area contributed by atoms with E-state index in [2.05, 4.69) is 5.32 Å². The topological polar surface area (TPSA) is 43.6 Å². The quantitative estimate of drug-likeness (QED) is 0.696. The lowest BCUT2D eigenvalue weighted by atomic mass is 10.3. The fourth-order valence-electron chi connectivity index (χ4n) is 1.48. The third-order valence-corrected chi connectivity index (χ3v) is 2.29. The van der Waals surface area contributed by atoms with Gasteiger partial charge in [0.1, 0.15) is 5.76 Å². The van der Waals surface area contributed by atoms with Gasteiger partial charge < -0.3 is 19.2 Å². The minimum absolute atomic E-state index is 0.162. The highest BCUT2D eigenvalue weighted by Gasteiger charge is 2.14. The number of ether oxygens (including phenoxy) is 2. The van der Waals surface area contributed by atoms with Gasteiger partial charge in [0.05, 0.1) is 12.3 Å². The Labute approximate surface area is 90.6 Å². The summed E-state index contributed by atoms with van der Waals surface area (Å²) >= 11 is 0. The van der Waals surface area contributed by atoms with Crippen LogP contribution in [0.15, 0.2) is 22.8 Å². The molecule has 0 amide bonds. The Morgan fingerprint density at radius 2 is 2.13 bits per heavy atom. The summed E-state index contributed by atoms with van der Waals surface area (Å²) < 4.78 is 15.5. The van der Waals surface area contributed by atoms with Crippen molar-refractivity contribution >= 4 is 0 Å². The van der Waals surface area contributed by atoms with Crippen LogP contribution in [0.4, 0.5) is 0 Å². The maximum absolute atomic E-state index is 5.23. The smallest absolute Gasteiger partial charge is 0.171 e. The average Bonchev–Trinajstić information content (AvgIpc) is 2.72. The Morgan fingerprint density at radius 1 is 1.40 bits per heavy atom. The van der Waals surface area contributed by atoms with E-state index >= 15 is 0 Å². The maximum atomic E-state index is 5.23. The van der Waals surface area contributed by atoms with Gasteiger partial charge in [0.15, 0.2) is 6.29 Å². The van der Waals surface area contributed by atoms with Crippen molar-refractivity contribution in [3.05, 3.63) is 24.2 Å². The van der Waals surface area contributed by atoms with Gasteiger partial charge in [-0.05, 0) is 19.1 Å². The van der Waals surface area contributed by atoms with Crippen molar-refractivity contribution in [2.24, 2.45) is 0 Å². The summed E-state index contributed by atoms with van der Waals surface area (Å²) in [7, 11) is 3.28. The van der Waals surface area contributed by atoms with E-state index in [1.165, 1.54) is 0 Å². The van der Waals surface area contributed by atoms with Crippen LogP contribution in [-0.4, -0.2) is 33.1 Å². The molecule has 0 bridgehead atoms. The van der Waals surface area contributed by atoms with Crippen LogP contribution in [0.25, 0.3) is 0 Å². The highest BCUT2D eigenvalue weighted by molar-refractivity contribution is 4.98. The lowest BCUT2D eigenvalue weighted by molar-refractivity contribution is -0.119. The van der Waals surface area contributed by atoms with Gasteiger partial charge in [-0.1, -0.05) is 0 Å². The van der Waals surface area contributed by atoms with E-state index in [4.69, 9.17) is 13.9 Å². The molecule has 15 heavy (non-hydrogen) atoms. The minimum Gasteiger partial charge on any atom is -0.469 e. The molecule has 0 aliphatic carbocycles. The molecule has 1 atom stereocenters. The molecule has 4 nitrogen and oxygen atoms in total. The van der Waals surface area contributed by atoms with Crippen LogP contribution in [0.3, 0.4) is 0 Å². The number of rotatable bonds is 7. The zero-order chi connectivity index (χ0) is 11.1. The van der Waals surface area contributed by atoms with E-state index in [1.54, 1.807) is 20.5 Å². The average molecular weight is 213 g/mol. The van der Waals surface area contributed by atoms with E-state index in [9.17, 15) is 0 Å². The predicted molar refractivity (Wildman–Crippen MR) is 57.7 cm³/mol. The summed E-state index contributed by atoms with van der Waals surface area (Å²) in [4.78, 5) is 0. The van der Waals surface area contributed by atoms with Gasteiger partial charge in [-0.3, -0.25) is 0 Å². The van der Waals surface area contributed by atoms with E-state index < -0.39 is 0 Å². The van der Waals surface area contributed by atoms with E-state index in [1.807, 2.05) is 19.1 Å². The predicted octanol–water partition coefficient (Wildman–Crippen LogP) is 1.42. The lowest BCUT2D eigenvalue weighted by Gasteiger charge is -2.21. The molecule has 0 aliphatic rings. The van der Waals surface area contributed by atoms with Crippen molar-refractivity contribution in [2.45, 2.75) is 25.7 Å². The Morgan fingerprint density at radius 3 is 2.67 bits per heavy atom. The third kappa shape index (κ3) is 4.03. The Hall–Kier alpha value is -0.840. The first-order valence-corrected chi connectivity index (χ1v) is 5.09. The maximum Gasteiger partial charge on any atom is 0.171 e. The number of hydrogen-bond donors (Lipinski definition) is 1. The molecule has 0 saturated heterocycles. The standard InChI is InChI=1S/C11H19NO3/c1-9(11(13-2)14-3)12-7-6-10-5-4-8-15-10/h4-5,8-9,11-12H,6-7H2,1-3H3. The first kappa shape index (κ1) is 12.2. The minimum atomic E-state index is -0.207. The second-order valence-corrected chi connectivity index (χ2v) is 3.41. The fourth-order valence-corrected chi connectivity index (χ4v) is 1.48. The van der Waals surface area contributed by atoms with Crippen LogP contribution < -0.4 is 5.32 Å². The Kier molecular flexibility index (Phi) is 5.39. The molecule has 1 rings (SSSR count). The number of nitrogens with one attached hydrogen (secondary N) is 1. The van der Waals surface area contributed by atoms with Gasteiger partial charge in [0.25, 0.3) is 0 Å². The SMILES string of the molecule is COC(OC)C(C)NCCc1ccco1. The van der Waals surface area contributed by atoms with Crippen molar-refractivity contribution in [3.63, 3.8) is 0 Å². The molecule has 0 saturated carbocycles. The molecule has 86 valence electrons. The summed E-state index contributed by atoms with van der Waals surface area (Å²) in [6.45, 7) is 2.87. The van der Waals surface area contributed by atoms with Crippen molar-refractivity contribution in [1.82, 2.24) is 5.32 Å². The Bertz CT molecular complexity index is 244. The van der Waals surface area contributed by atoms with Crippen LogP contribution in [0.5, 0.6) is 0 Å². The molecule has 0 fully saturated rings. The summed E-state index contributed by atoms with van der Waals surface area (Å²) in [5.74, 6) is 0.987. The second kappa shape index (κ2) is 6.61. The van der Waals surface area contributed by atoms with E-state index in [0.29, 0.717) is 0 Å².